The van der Waals surface area contributed by atoms with Gasteiger partial charge in [0.25, 0.3) is 0 Å². The number of hydrogen-bond acceptors (Lipinski definition) is 5. The van der Waals surface area contributed by atoms with E-state index in [9.17, 15) is 4.79 Å². The number of fused-ring (bicyclic) bond motifs is 1. The zero-order chi connectivity index (χ0) is 21.8. The lowest BCUT2D eigenvalue weighted by Crippen LogP contribution is -2.00. The Labute approximate surface area is 186 Å². The van der Waals surface area contributed by atoms with E-state index in [1.54, 1.807) is 28.7 Å². The first kappa shape index (κ1) is 21.1. The second kappa shape index (κ2) is 9.35. The first-order valence-electron chi connectivity index (χ1n) is 10.4. The molecule has 0 spiro atoms. The third kappa shape index (κ3) is 5.33. The molecule has 0 aliphatic heterocycles. The predicted molar refractivity (Wildman–Crippen MR) is 124 cm³/mol. The highest BCUT2D eigenvalue weighted by Gasteiger charge is 2.09. The number of unbranched alkanes of at least 4 members (excludes halogenated alkanes) is 1. The normalized spacial score (nSPS) is 11.1. The number of rotatable bonds is 7. The third-order valence-corrected chi connectivity index (χ3v) is 5.84. The summed E-state index contributed by atoms with van der Waals surface area (Å²) >= 11 is 1.63. The molecule has 0 atom stereocenters. The van der Waals surface area contributed by atoms with Gasteiger partial charge >= 0.3 is 5.97 Å². The molecule has 0 saturated carbocycles. The van der Waals surface area contributed by atoms with E-state index in [-0.39, 0.29) is 5.97 Å². The molecular weight excluding hydrogens is 406 g/mol. The van der Waals surface area contributed by atoms with Crippen LogP contribution in [-0.2, 0) is 11.2 Å². The van der Waals surface area contributed by atoms with Crippen LogP contribution >= 0.6 is 11.8 Å². The van der Waals surface area contributed by atoms with Crippen LogP contribution in [0.3, 0.4) is 0 Å². The minimum atomic E-state index is -0.319. The highest BCUT2D eigenvalue weighted by molar-refractivity contribution is 7.99. The maximum atomic E-state index is 11.1. The van der Waals surface area contributed by atoms with Gasteiger partial charge in [0.2, 0.25) is 0 Å². The van der Waals surface area contributed by atoms with Crippen molar-refractivity contribution in [3.8, 4) is 11.4 Å². The lowest BCUT2D eigenvalue weighted by atomic mass is 10.1. The summed E-state index contributed by atoms with van der Waals surface area (Å²) in [7, 11) is 0. The van der Waals surface area contributed by atoms with E-state index in [2.05, 4.69) is 49.3 Å². The van der Waals surface area contributed by atoms with Gasteiger partial charge in [0.1, 0.15) is 16.8 Å². The largest absolute Gasteiger partial charge is 0.427 e. The molecule has 31 heavy (non-hydrogen) atoms. The summed E-state index contributed by atoms with van der Waals surface area (Å²) < 4.78 is 5.09. The average Bonchev–Trinajstić information content (AvgIpc) is 3.16. The van der Waals surface area contributed by atoms with Crippen molar-refractivity contribution in [3.05, 3.63) is 71.8 Å². The Hall–Kier alpha value is -3.12. The van der Waals surface area contributed by atoms with Gasteiger partial charge in [-0.25, -0.2) is 0 Å². The Kier molecular flexibility index (Phi) is 6.37. The second-order valence-corrected chi connectivity index (χ2v) is 8.73. The molecule has 0 N–H and O–H groups in total. The molecule has 3 aromatic carbocycles. The summed E-state index contributed by atoms with van der Waals surface area (Å²) in [6.07, 6.45) is 3.43. The lowest BCUT2D eigenvalue weighted by Gasteiger charge is -2.06. The van der Waals surface area contributed by atoms with Crippen molar-refractivity contribution in [1.82, 2.24) is 15.0 Å². The van der Waals surface area contributed by atoms with Crippen LogP contribution in [-0.4, -0.2) is 21.0 Å². The van der Waals surface area contributed by atoms with Gasteiger partial charge in [-0.1, -0.05) is 31.2 Å². The number of benzene rings is 3. The van der Waals surface area contributed by atoms with E-state index in [1.807, 2.05) is 18.2 Å². The van der Waals surface area contributed by atoms with Crippen molar-refractivity contribution in [2.75, 3.05) is 0 Å². The van der Waals surface area contributed by atoms with Crippen LogP contribution in [0.5, 0.6) is 5.75 Å². The van der Waals surface area contributed by atoms with Gasteiger partial charge in [0, 0.05) is 16.7 Å². The molecule has 0 aliphatic rings. The summed E-state index contributed by atoms with van der Waals surface area (Å²) in [5, 5.41) is 9.41. The Morgan fingerprint density at radius 3 is 2.45 bits per heavy atom. The molecule has 1 aromatic heterocycles. The van der Waals surface area contributed by atoms with Crippen molar-refractivity contribution in [1.29, 1.82) is 0 Å². The van der Waals surface area contributed by atoms with Gasteiger partial charge in [0.05, 0.1) is 5.69 Å². The standard InChI is InChI=1S/C25H25N3O2S/c1-4-5-6-19-13-17(2)14-20(15-19)28-26-24-12-11-23(16-25(24)27-28)31-22-9-7-21(8-10-22)30-18(3)29/h7-16H,4-6H2,1-3H3. The zero-order valence-corrected chi connectivity index (χ0v) is 18.8. The van der Waals surface area contributed by atoms with Crippen LogP contribution in [0.1, 0.15) is 37.8 Å². The van der Waals surface area contributed by atoms with Crippen molar-refractivity contribution >= 4 is 28.8 Å². The fourth-order valence-electron chi connectivity index (χ4n) is 3.43. The number of ether oxygens (including phenoxy) is 1. The number of aromatic nitrogens is 3. The Balaban J connectivity index is 1.56. The van der Waals surface area contributed by atoms with Crippen LogP contribution in [0.25, 0.3) is 16.7 Å². The van der Waals surface area contributed by atoms with Crippen LogP contribution < -0.4 is 4.74 Å². The van der Waals surface area contributed by atoms with E-state index in [0.717, 1.165) is 32.9 Å². The molecule has 4 aromatic rings. The highest BCUT2D eigenvalue weighted by Crippen LogP contribution is 2.31. The quantitative estimate of drug-likeness (QED) is 0.259. The monoisotopic (exact) mass is 431 g/mol. The fourth-order valence-corrected chi connectivity index (χ4v) is 4.28. The molecule has 0 radical (unpaired) electrons. The summed E-state index contributed by atoms with van der Waals surface area (Å²) in [6.45, 7) is 5.72. The van der Waals surface area contributed by atoms with Crippen molar-refractivity contribution in [2.45, 2.75) is 49.8 Å². The van der Waals surface area contributed by atoms with Crippen molar-refractivity contribution in [3.63, 3.8) is 0 Å². The van der Waals surface area contributed by atoms with E-state index in [0.29, 0.717) is 5.75 Å². The molecule has 0 saturated heterocycles. The number of nitrogens with zero attached hydrogens (tertiary/aromatic N) is 3. The number of aryl methyl sites for hydroxylation is 2. The SMILES string of the molecule is CCCCc1cc(C)cc(-n2nc3ccc(Sc4ccc(OC(C)=O)cc4)cc3n2)c1. The topological polar surface area (TPSA) is 57.0 Å². The van der Waals surface area contributed by atoms with Crippen LogP contribution in [0.2, 0.25) is 0 Å². The number of carbonyl (C=O) groups excluding carboxylic acids is 1. The van der Waals surface area contributed by atoms with Crippen LogP contribution in [0.4, 0.5) is 0 Å². The van der Waals surface area contributed by atoms with Gasteiger partial charge in [-0.15, -0.1) is 10.2 Å². The van der Waals surface area contributed by atoms with Crippen molar-refractivity contribution < 1.29 is 9.53 Å². The third-order valence-electron chi connectivity index (χ3n) is 4.84. The predicted octanol–water partition coefficient (Wildman–Crippen LogP) is 6.15. The minimum absolute atomic E-state index is 0.319. The minimum Gasteiger partial charge on any atom is -0.427 e. The summed E-state index contributed by atoms with van der Waals surface area (Å²) in [5.74, 6) is 0.228. The fraction of sp³-hybridized carbons (Fsp3) is 0.240. The summed E-state index contributed by atoms with van der Waals surface area (Å²) in [4.78, 5) is 14.9. The lowest BCUT2D eigenvalue weighted by molar-refractivity contribution is -0.131. The molecule has 158 valence electrons. The summed E-state index contributed by atoms with van der Waals surface area (Å²) in [6, 6.07) is 20.1. The molecule has 0 unspecified atom stereocenters. The van der Waals surface area contributed by atoms with E-state index in [1.165, 1.54) is 30.9 Å². The molecule has 6 heteroatoms. The Morgan fingerprint density at radius 1 is 0.968 bits per heavy atom. The number of esters is 1. The molecule has 0 aliphatic carbocycles. The Bertz CT molecular complexity index is 1220. The molecule has 1 heterocycles. The number of hydrogen-bond donors (Lipinski definition) is 0. The molecular formula is C25H25N3O2S. The molecule has 0 fully saturated rings. The molecule has 5 nitrogen and oxygen atoms in total. The average molecular weight is 432 g/mol. The van der Waals surface area contributed by atoms with Gasteiger partial charge in [-0.3, -0.25) is 4.79 Å². The van der Waals surface area contributed by atoms with E-state index >= 15 is 0 Å². The van der Waals surface area contributed by atoms with Crippen LogP contribution in [0, 0.1) is 6.92 Å². The molecule has 0 amide bonds. The Morgan fingerprint density at radius 2 is 1.71 bits per heavy atom. The highest BCUT2D eigenvalue weighted by atomic mass is 32.2. The van der Waals surface area contributed by atoms with E-state index in [4.69, 9.17) is 9.84 Å². The smallest absolute Gasteiger partial charge is 0.308 e. The van der Waals surface area contributed by atoms with Crippen LogP contribution in [0.15, 0.2) is 70.5 Å². The van der Waals surface area contributed by atoms with Gasteiger partial charge in [-0.05, 0) is 85.5 Å². The first-order valence-corrected chi connectivity index (χ1v) is 11.3. The number of carbonyl (C=O) groups is 1. The zero-order valence-electron chi connectivity index (χ0n) is 18.0. The first-order chi connectivity index (χ1) is 15.0. The summed E-state index contributed by atoms with van der Waals surface area (Å²) in [5.41, 5.74) is 5.27. The molecule has 4 rings (SSSR count). The van der Waals surface area contributed by atoms with Crippen molar-refractivity contribution in [2.24, 2.45) is 0 Å². The maximum absolute atomic E-state index is 11.1. The van der Waals surface area contributed by atoms with Gasteiger partial charge in [0.15, 0.2) is 0 Å². The maximum Gasteiger partial charge on any atom is 0.308 e. The van der Waals surface area contributed by atoms with E-state index < -0.39 is 0 Å². The second-order valence-electron chi connectivity index (χ2n) is 7.59. The van der Waals surface area contributed by atoms with Gasteiger partial charge < -0.3 is 4.74 Å². The van der Waals surface area contributed by atoms with Gasteiger partial charge in [-0.2, -0.15) is 4.80 Å². The molecule has 0 bridgehead atoms.